The van der Waals surface area contributed by atoms with Crippen molar-refractivity contribution in [2.75, 3.05) is 11.1 Å². The summed E-state index contributed by atoms with van der Waals surface area (Å²) in [5.74, 6) is -0.898. The number of benzene rings is 2. The highest BCUT2D eigenvalue weighted by Crippen LogP contribution is 2.25. The van der Waals surface area contributed by atoms with E-state index in [1.807, 2.05) is 0 Å². The number of hydrogen-bond acceptors (Lipinski definition) is 3. The number of anilines is 1. The average molecular weight is 361 g/mol. The van der Waals surface area contributed by atoms with E-state index in [1.54, 1.807) is 56.3 Å². The van der Waals surface area contributed by atoms with E-state index in [4.69, 9.17) is 0 Å². The van der Waals surface area contributed by atoms with Crippen LogP contribution >= 0.6 is 11.8 Å². The number of nitrogens with one attached hydrogen (secondary N) is 1. The summed E-state index contributed by atoms with van der Waals surface area (Å²) in [6.07, 6.45) is 0.251. The summed E-state index contributed by atoms with van der Waals surface area (Å²) >= 11 is 1.29. The van der Waals surface area contributed by atoms with Crippen LogP contribution in [0.5, 0.6) is 0 Å². The Bertz CT molecular complexity index is 760. The van der Waals surface area contributed by atoms with Gasteiger partial charge in [0.25, 0.3) is 0 Å². The third-order valence-electron chi connectivity index (χ3n) is 3.85. The standard InChI is InChI=1S/C19H20FNO3S/c1-19(2,18(23)24)13-7-9-14(10-8-13)21-17(22)11-12-25-16-6-4-3-5-15(16)20/h3-10H,11-12H2,1-2H3,(H,21,22)(H,23,24). The fourth-order valence-electron chi connectivity index (χ4n) is 2.13. The Kier molecular flexibility index (Phi) is 6.20. The number of carboxylic acids is 1. The Hall–Kier alpha value is -2.34. The minimum absolute atomic E-state index is 0.172. The van der Waals surface area contributed by atoms with Crippen LogP contribution < -0.4 is 5.32 Å². The Morgan fingerprint density at radius 1 is 1.12 bits per heavy atom. The molecular weight excluding hydrogens is 341 g/mol. The van der Waals surface area contributed by atoms with Gasteiger partial charge in [0.15, 0.2) is 0 Å². The molecule has 0 saturated carbocycles. The predicted octanol–water partition coefficient (Wildman–Crippen LogP) is 4.31. The monoisotopic (exact) mass is 361 g/mol. The number of thioether (sulfide) groups is 1. The summed E-state index contributed by atoms with van der Waals surface area (Å²) in [7, 11) is 0. The molecule has 0 heterocycles. The zero-order chi connectivity index (χ0) is 18.4. The van der Waals surface area contributed by atoms with Crippen LogP contribution in [0.3, 0.4) is 0 Å². The molecule has 6 heteroatoms. The Morgan fingerprint density at radius 2 is 1.76 bits per heavy atom. The van der Waals surface area contributed by atoms with Crippen molar-refractivity contribution in [2.24, 2.45) is 0 Å². The van der Waals surface area contributed by atoms with Gasteiger partial charge < -0.3 is 10.4 Å². The van der Waals surface area contributed by atoms with Crippen LogP contribution in [0.25, 0.3) is 0 Å². The molecule has 0 atom stereocenters. The first kappa shape index (κ1) is 19.0. The second-order valence-corrected chi connectivity index (χ2v) is 7.22. The molecule has 132 valence electrons. The molecule has 0 unspecified atom stereocenters. The molecular formula is C19H20FNO3S. The Morgan fingerprint density at radius 3 is 2.36 bits per heavy atom. The molecule has 0 aliphatic heterocycles. The smallest absolute Gasteiger partial charge is 0.313 e. The fourth-order valence-corrected chi connectivity index (χ4v) is 3.02. The number of amides is 1. The molecule has 0 spiro atoms. The molecule has 2 N–H and O–H groups in total. The van der Waals surface area contributed by atoms with E-state index in [2.05, 4.69) is 5.32 Å². The second kappa shape index (κ2) is 8.16. The highest BCUT2D eigenvalue weighted by molar-refractivity contribution is 7.99. The number of carbonyl (C=O) groups is 2. The van der Waals surface area contributed by atoms with Crippen molar-refractivity contribution in [3.63, 3.8) is 0 Å². The first-order valence-corrected chi connectivity index (χ1v) is 8.80. The summed E-state index contributed by atoms with van der Waals surface area (Å²) < 4.78 is 13.5. The largest absolute Gasteiger partial charge is 0.481 e. The van der Waals surface area contributed by atoms with Gasteiger partial charge in [-0.25, -0.2) is 4.39 Å². The molecule has 0 aliphatic carbocycles. The van der Waals surface area contributed by atoms with Gasteiger partial charge in [0, 0.05) is 22.8 Å². The van der Waals surface area contributed by atoms with E-state index < -0.39 is 11.4 Å². The summed E-state index contributed by atoms with van der Waals surface area (Å²) in [5.41, 5.74) is 0.276. The van der Waals surface area contributed by atoms with Gasteiger partial charge in [-0.1, -0.05) is 24.3 Å². The van der Waals surface area contributed by atoms with Crippen molar-refractivity contribution < 1.29 is 19.1 Å². The van der Waals surface area contributed by atoms with E-state index in [0.717, 1.165) is 0 Å². The molecule has 2 aromatic rings. The lowest BCUT2D eigenvalue weighted by Crippen LogP contribution is -2.28. The van der Waals surface area contributed by atoms with Gasteiger partial charge in [0.05, 0.1) is 5.41 Å². The van der Waals surface area contributed by atoms with Gasteiger partial charge in [0.2, 0.25) is 5.91 Å². The van der Waals surface area contributed by atoms with Crippen LogP contribution in [0.2, 0.25) is 0 Å². The summed E-state index contributed by atoms with van der Waals surface area (Å²) in [6, 6.07) is 13.2. The van der Waals surface area contributed by atoms with Crippen LogP contribution in [-0.2, 0) is 15.0 Å². The lowest BCUT2D eigenvalue weighted by molar-refractivity contribution is -0.142. The van der Waals surface area contributed by atoms with Crippen molar-refractivity contribution in [1.82, 2.24) is 0 Å². The molecule has 2 aromatic carbocycles. The van der Waals surface area contributed by atoms with Gasteiger partial charge in [-0.05, 0) is 43.7 Å². The van der Waals surface area contributed by atoms with Gasteiger partial charge in [-0.2, -0.15) is 0 Å². The van der Waals surface area contributed by atoms with Gasteiger partial charge >= 0.3 is 5.97 Å². The maximum absolute atomic E-state index is 13.5. The quantitative estimate of drug-likeness (QED) is 0.721. The minimum atomic E-state index is -0.987. The fraction of sp³-hybridized carbons (Fsp3) is 0.263. The van der Waals surface area contributed by atoms with Crippen molar-refractivity contribution in [1.29, 1.82) is 0 Å². The number of carboxylic acid groups (broad SMARTS) is 1. The normalized spacial score (nSPS) is 11.2. The number of hydrogen-bond donors (Lipinski definition) is 2. The van der Waals surface area contributed by atoms with E-state index in [0.29, 0.717) is 21.9 Å². The minimum Gasteiger partial charge on any atom is -0.481 e. The van der Waals surface area contributed by atoms with Crippen molar-refractivity contribution in [3.8, 4) is 0 Å². The van der Waals surface area contributed by atoms with Gasteiger partial charge in [0.1, 0.15) is 5.82 Å². The Balaban J connectivity index is 1.86. The number of halogens is 1. The molecule has 4 nitrogen and oxygen atoms in total. The summed E-state index contributed by atoms with van der Waals surface area (Å²) in [4.78, 5) is 23.7. The van der Waals surface area contributed by atoms with Crippen molar-refractivity contribution >= 4 is 29.3 Å². The maximum atomic E-state index is 13.5. The number of aliphatic carboxylic acids is 1. The van der Waals surface area contributed by atoms with Crippen LogP contribution in [0, 0.1) is 5.82 Å². The third-order valence-corrected chi connectivity index (χ3v) is 4.90. The summed E-state index contributed by atoms with van der Waals surface area (Å²) in [6.45, 7) is 3.26. The van der Waals surface area contributed by atoms with Gasteiger partial charge in [-0.15, -0.1) is 11.8 Å². The topological polar surface area (TPSA) is 66.4 Å². The molecule has 1 amide bonds. The van der Waals surface area contributed by atoms with Crippen LogP contribution in [0.4, 0.5) is 10.1 Å². The van der Waals surface area contributed by atoms with Crippen LogP contribution in [-0.4, -0.2) is 22.7 Å². The van der Waals surface area contributed by atoms with Gasteiger partial charge in [-0.3, -0.25) is 9.59 Å². The molecule has 0 radical (unpaired) electrons. The molecule has 2 rings (SSSR count). The van der Waals surface area contributed by atoms with E-state index in [9.17, 15) is 19.1 Å². The van der Waals surface area contributed by atoms with E-state index in [1.165, 1.54) is 17.8 Å². The van der Waals surface area contributed by atoms with Crippen LogP contribution in [0.15, 0.2) is 53.4 Å². The van der Waals surface area contributed by atoms with E-state index >= 15 is 0 Å². The average Bonchev–Trinajstić information content (AvgIpc) is 2.57. The predicted molar refractivity (Wildman–Crippen MR) is 97.5 cm³/mol. The second-order valence-electron chi connectivity index (χ2n) is 6.08. The van der Waals surface area contributed by atoms with Crippen LogP contribution in [0.1, 0.15) is 25.8 Å². The van der Waals surface area contributed by atoms with Crippen molar-refractivity contribution in [3.05, 3.63) is 59.9 Å². The molecule has 25 heavy (non-hydrogen) atoms. The highest BCUT2D eigenvalue weighted by atomic mass is 32.2. The lowest BCUT2D eigenvalue weighted by Gasteiger charge is -2.19. The lowest BCUT2D eigenvalue weighted by atomic mass is 9.85. The SMILES string of the molecule is CC(C)(C(=O)O)c1ccc(NC(=O)CCSc2ccccc2F)cc1. The molecule has 0 saturated heterocycles. The zero-order valence-electron chi connectivity index (χ0n) is 14.1. The number of rotatable bonds is 7. The van der Waals surface area contributed by atoms with Crippen molar-refractivity contribution in [2.45, 2.75) is 30.6 Å². The maximum Gasteiger partial charge on any atom is 0.313 e. The third kappa shape index (κ3) is 5.06. The Labute approximate surface area is 150 Å². The molecule has 0 aromatic heterocycles. The first-order valence-electron chi connectivity index (χ1n) is 7.82. The zero-order valence-corrected chi connectivity index (χ0v) is 14.9. The highest BCUT2D eigenvalue weighted by Gasteiger charge is 2.29. The molecule has 0 bridgehead atoms. The molecule has 0 aliphatic rings. The summed E-state index contributed by atoms with van der Waals surface area (Å²) in [5, 5.41) is 12.0. The van der Waals surface area contributed by atoms with E-state index in [-0.39, 0.29) is 18.1 Å². The number of carbonyl (C=O) groups excluding carboxylic acids is 1. The first-order chi connectivity index (χ1) is 11.8. The molecule has 0 fully saturated rings.